The van der Waals surface area contributed by atoms with Gasteiger partial charge < -0.3 is 9.64 Å². The number of allylic oxidation sites excluding steroid dienone is 1. The summed E-state index contributed by atoms with van der Waals surface area (Å²) in [7, 11) is 0. The zero-order chi connectivity index (χ0) is 12.9. The van der Waals surface area contributed by atoms with Crippen LogP contribution >= 0.6 is 0 Å². The maximum absolute atomic E-state index is 11.0. The normalized spacial score (nSPS) is 11.3. The van der Waals surface area contributed by atoms with Crippen molar-refractivity contribution in [2.75, 3.05) is 26.2 Å². The molecule has 0 atom stereocenters. The van der Waals surface area contributed by atoms with Crippen LogP contribution in [0.4, 0.5) is 0 Å². The van der Waals surface area contributed by atoms with E-state index in [9.17, 15) is 4.79 Å². The Morgan fingerprint density at radius 3 is 2.29 bits per heavy atom. The fourth-order valence-corrected chi connectivity index (χ4v) is 1.76. The number of hydrogen-bond donors (Lipinski definition) is 0. The zero-order valence-electron chi connectivity index (χ0n) is 11.6. The number of hydrogen-bond acceptors (Lipinski definition) is 3. The molecule has 0 amide bonds. The van der Waals surface area contributed by atoms with Crippen LogP contribution in [0.15, 0.2) is 12.2 Å². The third kappa shape index (κ3) is 10.1. The van der Waals surface area contributed by atoms with E-state index in [2.05, 4.69) is 18.7 Å². The lowest BCUT2D eigenvalue weighted by Gasteiger charge is -2.20. The van der Waals surface area contributed by atoms with Crippen molar-refractivity contribution in [2.24, 2.45) is 0 Å². The average molecular weight is 241 g/mol. The van der Waals surface area contributed by atoms with Gasteiger partial charge in [-0.1, -0.05) is 19.9 Å². The van der Waals surface area contributed by atoms with E-state index >= 15 is 0 Å². The van der Waals surface area contributed by atoms with Gasteiger partial charge in [-0.2, -0.15) is 0 Å². The topological polar surface area (TPSA) is 29.5 Å². The van der Waals surface area contributed by atoms with Gasteiger partial charge in [-0.3, -0.25) is 0 Å². The molecule has 0 aliphatic heterocycles. The van der Waals surface area contributed by atoms with Crippen LogP contribution in [0.1, 0.15) is 46.5 Å². The maximum Gasteiger partial charge on any atom is 0.330 e. The molecule has 0 spiro atoms. The van der Waals surface area contributed by atoms with Crippen LogP contribution in [0, 0.1) is 0 Å². The van der Waals surface area contributed by atoms with Crippen molar-refractivity contribution in [1.82, 2.24) is 4.90 Å². The van der Waals surface area contributed by atoms with Crippen molar-refractivity contribution in [3.8, 4) is 0 Å². The lowest BCUT2D eigenvalue weighted by molar-refractivity contribution is -0.137. The summed E-state index contributed by atoms with van der Waals surface area (Å²) in [6, 6.07) is 0. The minimum Gasteiger partial charge on any atom is -0.463 e. The number of ether oxygens (including phenoxy) is 1. The molecule has 0 saturated carbocycles. The Kier molecular flexibility index (Phi) is 11.1. The van der Waals surface area contributed by atoms with E-state index in [4.69, 9.17) is 4.74 Å². The summed E-state index contributed by atoms with van der Waals surface area (Å²) in [4.78, 5) is 13.5. The number of carbonyl (C=O) groups is 1. The molecular formula is C14H27NO2. The predicted molar refractivity (Wildman–Crippen MR) is 72.0 cm³/mol. The average Bonchev–Trinajstić information content (AvgIpc) is 2.29. The highest BCUT2D eigenvalue weighted by atomic mass is 16.5. The third-order valence-electron chi connectivity index (χ3n) is 2.50. The molecule has 0 fully saturated rings. The van der Waals surface area contributed by atoms with Crippen LogP contribution < -0.4 is 0 Å². The van der Waals surface area contributed by atoms with Gasteiger partial charge in [0.1, 0.15) is 0 Å². The number of unbranched alkanes of at least 4 members (excludes halogenated alkanes) is 1. The SMILES string of the molecule is C/C=C/C(=O)OCCCCN(CCC)CCC. The fourth-order valence-electron chi connectivity index (χ4n) is 1.76. The van der Waals surface area contributed by atoms with E-state index in [0.717, 1.165) is 19.4 Å². The molecule has 0 radical (unpaired) electrons. The molecule has 0 aliphatic carbocycles. The van der Waals surface area contributed by atoms with Crippen molar-refractivity contribution in [1.29, 1.82) is 0 Å². The summed E-state index contributed by atoms with van der Waals surface area (Å²) in [5.74, 6) is -0.230. The van der Waals surface area contributed by atoms with E-state index in [1.54, 1.807) is 6.08 Å². The number of nitrogens with zero attached hydrogens (tertiary/aromatic N) is 1. The van der Waals surface area contributed by atoms with Gasteiger partial charge in [0.15, 0.2) is 0 Å². The lowest BCUT2D eigenvalue weighted by Crippen LogP contribution is -2.26. The van der Waals surface area contributed by atoms with Crippen LogP contribution in [0.2, 0.25) is 0 Å². The second-order valence-corrected chi connectivity index (χ2v) is 4.22. The highest BCUT2D eigenvalue weighted by Gasteiger charge is 2.02. The first kappa shape index (κ1) is 16.2. The molecule has 100 valence electrons. The van der Waals surface area contributed by atoms with Crippen LogP contribution in [0.25, 0.3) is 0 Å². The Balaban J connectivity index is 3.50. The molecular weight excluding hydrogens is 214 g/mol. The highest BCUT2D eigenvalue weighted by Crippen LogP contribution is 1.99. The van der Waals surface area contributed by atoms with E-state index in [1.807, 2.05) is 6.92 Å². The molecule has 0 aliphatic rings. The predicted octanol–water partition coefficient (Wildman–Crippen LogP) is 3.01. The quantitative estimate of drug-likeness (QED) is 0.334. The Morgan fingerprint density at radius 2 is 1.76 bits per heavy atom. The van der Waals surface area contributed by atoms with E-state index in [-0.39, 0.29) is 5.97 Å². The molecule has 0 N–H and O–H groups in total. The highest BCUT2D eigenvalue weighted by molar-refractivity contribution is 5.81. The number of carbonyl (C=O) groups excluding carboxylic acids is 1. The van der Waals surface area contributed by atoms with Gasteiger partial charge in [0.25, 0.3) is 0 Å². The van der Waals surface area contributed by atoms with E-state index < -0.39 is 0 Å². The van der Waals surface area contributed by atoms with Gasteiger partial charge in [0.2, 0.25) is 0 Å². The molecule has 17 heavy (non-hydrogen) atoms. The zero-order valence-corrected chi connectivity index (χ0v) is 11.6. The second kappa shape index (κ2) is 11.6. The van der Waals surface area contributed by atoms with Crippen molar-refractivity contribution in [3.05, 3.63) is 12.2 Å². The van der Waals surface area contributed by atoms with Crippen molar-refractivity contribution in [3.63, 3.8) is 0 Å². The third-order valence-corrected chi connectivity index (χ3v) is 2.50. The van der Waals surface area contributed by atoms with E-state index in [1.165, 1.54) is 32.0 Å². The number of esters is 1. The molecule has 0 aromatic heterocycles. The lowest BCUT2D eigenvalue weighted by atomic mass is 10.2. The van der Waals surface area contributed by atoms with Crippen LogP contribution in [-0.2, 0) is 9.53 Å². The molecule has 0 aromatic carbocycles. The molecule has 3 nitrogen and oxygen atoms in total. The molecule has 0 saturated heterocycles. The van der Waals surface area contributed by atoms with Gasteiger partial charge in [-0.05, 0) is 52.2 Å². The maximum atomic E-state index is 11.0. The van der Waals surface area contributed by atoms with Gasteiger partial charge in [0, 0.05) is 6.08 Å². The van der Waals surface area contributed by atoms with Crippen molar-refractivity contribution < 1.29 is 9.53 Å². The monoisotopic (exact) mass is 241 g/mol. The molecule has 3 heteroatoms. The van der Waals surface area contributed by atoms with Gasteiger partial charge in [-0.25, -0.2) is 4.79 Å². The molecule has 0 unspecified atom stereocenters. The van der Waals surface area contributed by atoms with E-state index in [0.29, 0.717) is 6.61 Å². The van der Waals surface area contributed by atoms with Gasteiger partial charge >= 0.3 is 5.97 Å². The Hall–Kier alpha value is -0.830. The minimum absolute atomic E-state index is 0.230. The molecule has 0 rings (SSSR count). The summed E-state index contributed by atoms with van der Waals surface area (Å²) in [5, 5.41) is 0. The van der Waals surface area contributed by atoms with Gasteiger partial charge in [0.05, 0.1) is 6.61 Å². The summed E-state index contributed by atoms with van der Waals surface area (Å²) < 4.78 is 5.04. The summed E-state index contributed by atoms with van der Waals surface area (Å²) >= 11 is 0. The Labute approximate surface area is 106 Å². The first-order valence-corrected chi connectivity index (χ1v) is 6.76. The standard InChI is InChI=1S/C14H27NO2/c1-4-9-14(16)17-13-8-7-12-15(10-5-2)11-6-3/h4,9H,5-8,10-13H2,1-3H3/b9-4+. The Bertz CT molecular complexity index is 208. The van der Waals surface area contributed by atoms with Crippen molar-refractivity contribution in [2.45, 2.75) is 46.5 Å². The fraction of sp³-hybridized carbons (Fsp3) is 0.786. The summed E-state index contributed by atoms with van der Waals surface area (Å²) in [6.45, 7) is 10.2. The first-order valence-electron chi connectivity index (χ1n) is 6.76. The number of rotatable bonds is 10. The molecule has 0 bridgehead atoms. The van der Waals surface area contributed by atoms with Crippen LogP contribution in [0.3, 0.4) is 0 Å². The summed E-state index contributed by atoms with van der Waals surface area (Å²) in [6.07, 6.45) is 7.62. The minimum atomic E-state index is -0.230. The first-order chi connectivity index (χ1) is 8.24. The smallest absolute Gasteiger partial charge is 0.330 e. The largest absolute Gasteiger partial charge is 0.463 e. The Morgan fingerprint density at radius 1 is 1.12 bits per heavy atom. The molecule has 0 heterocycles. The molecule has 0 aromatic rings. The summed E-state index contributed by atoms with van der Waals surface area (Å²) in [5.41, 5.74) is 0. The van der Waals surface area contributed by atoms with Crippen LogP contribution in [0.5, 0.6) is 0 Å². The van der Waals surface area contributed by atoms with Crippen LogP contribution in [-0.4, -0.2) is 37.1 Å². The van der Waals surface area contributed by atoms with Gasteiger partial charge in [-0.15, -0.1) is 0 Å². The van der Waals surface area contributed by atoms with Crippen molar-refractivity contribution >= 4 is 5.97 Å². The second-order valence-electron chi connectivity index (χ2n) is 4.22.